The van der Waals surface area contributed by atoms with Crippen LogP contribution in [0.25, 0.3) is 10.2 Å². The highest BCUT2D eigenvalue weighted by molar-refractivity contribution is 7.22. The lowest BCUT2D eigenvalue weighted by Crippen LogP contribution is -2.37. The second-order valence-electron chi connectivity index (χ2n) is 6.47. The molecule has 1 saturated heterocycles. The van der Waals surface area contributed by atoms with Gasteiger partial charge in [0.1, 0.15) is 0 Å². The van der Waals surface area contributed by atoms with Gasteiger partial charge in [0, 0.05) is 29.3 Å². The summed E-state index contributed by atoms with van der Waals surface area (Å²) in [5, 5.41) is 12.2. The van der Waals surface area contributed by atoms with E-state index in [0.29, 0.717) is 23.3 Å². The van der Waals surface area contributed by atoms with Gasteiger partial charge in [0.25, 0.3) is 11.6 Å². The Morgan fingerprint density at radius 1 is 1.36 bits per heavy atom. The Labute approximate surface area is 169 Å². The zero-order valence-corrected chi connectivity index (χ0v) is 16.3. The predicted octanol–water partition coefficient (Wildman–Crippen LogP) is 4.68. The van der Waals surface area contributed by atoms with Crippen molar-refractivity contribution in [3.8, 4) is 0 Å². The Morgan fingerprint density at radius 2 is 2.21 bits per heavy atom. The molecule has 1 unspecified atom stereocenters. The summed E-state index contributed by atoms with van der Waals surface area (Å²) < 4.78 is 6.57. The van der Waals surface area contributed by atoms with E-state index in [2.05, 4.69) is 4.98 Å². The minimum absolute atomic E-state index is 0.0850. The molecule has 1 aliphatic rings. The highest BCUT2D eigenvalue weighted by Crippen LogP contribution is 2.32. The first kappa shape index (κ1) is 18.8. The summed E-state index contributed by atoms with van der Waals surface area (Å²) in [6, 6.07) is 11.1. The van der Waals surface area contributed by atoms with Crippen molar-refractivity contribution in [3.05, 3.63) is 63.2 Å². The third-order valence-electron chi connectivity index (χ3n) is 4.53. The van der Waals surface area contributed by atoms with Crippen molar-refractivity contribution in [1.29, 1.82) is 0 Å². The van der Waals surface area contributed by atoms with Crippen molar-refractivity contribution in [1.82, 2.24) is 4.98 Å². The number of anilines is 1. The van der Waals surface area contributed by atoms with Crippen LogP contribution in [0.5, 0.6) is 0 Å². The summed E-state index contributed by atoms with van der Waals surface area (Å²) in [5.74, 6) is -0.343. The van der Waals surface area contributed by atoms with Gasteiger partial charge in [0.05, 0.1) is 27.8 Å². The fourth-order valence-electron chi connectivity index (χ4n) is 3.15. The number of benzene rings is 2. The highest BCUT2D eigenvalue weighted by atomic mass is 35.5. The lowest BCUT2D eigenvalue weighted by atomic mass is 10.1. The summed E-state index contributed by atoms with van der Waals surface area (Å²) in [5.41, 5.74) is 0.858. The van der Waals surface area contributed by atoms with Crippen LogP contribution < -0.4 is 4.90 Å². The average Bonchev–Trinajstić information content (AvgIpc) is 3.34. The average molecular weight is 418 g/mol. The van der Waals surface area contributed by atoms with Crippen LogP contribution in [-0.4, -0.2) is 35.1 Å². The first-order chi connectivity index (χ1) is 13.5. The SMILES string of the molecule is O=C(c1cccc([N+](=O)[O-])c1)N(CC1CCCO1)c1nc2ccc(Cl)cc2s1. The molecule has 1 amide bonds. The number of nitro benzene ring substituents is 1. The molecule has 28 heavy (non-hydrogen) atoms. The Bertz CT molecular complexity index is 1050. The van der Waals surface area contributed by atoms with E-state index < -0.39 is 4.92 Å². The van der Waals surface area contributed by atoms with Gasteiger partial charge in [0.2, 0.25) is 0 Å². The number of ether oxygens (including phenoxy) is 1. The monoisotopic (exact) mass is 417 g/mol. The summed E-state index contributed by atoms with van der Waals surface area (Å²) >= 11 is 7.42. The molecule has 0 spiro atoms. The summed E-state index contributed by atoms with van der Waals surface area (Å²) in [4.78, 5) is 29.9. The number of hydrogen-bond acceptors (Lipinski definition) is 6. The minimum atomic E-state index is -0.513. The Morgan fingerprint density at radius 3 is 2.96 bits per heavy atom. The van der Waals surface area contributed by atoms with Crippen LogP contribution in [0.4, 0.5) is 10.8 Å². The maximum absolute atomic E-state index is 13.2. The molecule has 3 aromatic rings. The number of rotatable bonds is 5. The zero-order valence-electron chi connectivity index (χ0n) is 14.7. The largest absolute Gasteiger partial charge is 0.376 e. The lowest BCUT2D eigenvalue weighted by Gasteiger charge is -2.23. The van der Waals surface area contributed by atoms with Gasteiger partial charge in [0.15, 0.2) is 5.13 Å². The van der Waals surface area contributed by atoms with Gasteiger partial charge in [-0.15, -0.1) is 0 Å². The zero-order chi connectivity index (χ0) is 19.7. The van der Waals surface area contributed by atoms with Crippen molar-refractivity contribution in [2.75, 3.05) is 18.1 Å². The second kappa shape index (κ2) is 7.83. The summed E-state index contributed by atoms with van der Waals surface area (Å²) in [7, 11) is 0. The molecule has 1 fully saturated rings. The number of carbonyl (C=O) groups is 1. The Kier molecular flexibility index (Phi) is 5.25. The van der Waals surface area contributed by atoms with Crippen LogP contribution >= 0.6 is 22.9 Å². The number of fused-ring (bicyclic) bond motifs is 1. The van der Waals surface area contributed by atoms with E-state index in [1.54, 1.807) is 29.2 Å². The standard InChI is InChI=1S/C19H16ClN3O4S/c20-13-6-7-16-17(10-13)28-19(21-16)22(11-15-5-2-8-27-15)18(24)12-3-1-4-14(9-12)23(25)26/h1,3-4,6-7,9-10,15H,2,5,8,11H2. The molecule has 1 atom stereocenters. The molecule has 1 aliphatic heterocycles. The molecule has 0 saturated carbocycles. The van der Waals surface area contributed by atoms with Gasteiger partial charge in [-0.25, -0.2) is 4.98 Å². The minimum Gasteiger partial charge on any atom is -0.376 e. The predicted molar refractivity (Wildman–Crippen MR) is 108 cm³/mol. The maximum Gasteiger partial charge on any atom is 0.270 e. The molecule has 0 bridgehead atoms. The molecule has 0 radical (unpaired) electrons. The molecular formula is C19H16ClN3O4S. The lowest BCUT2D eigenvalue weighted by molar-refractivity contribution is -0.384. The van der Waals surface area contributed by atoms with Crippen LogP contribution in [0.2, 0.25) is 5.02 Å². The van der Waals surface area contributed by atoms with E-state index in [1.165, 1.54) is 29.5 Å². The maximum atomic E-state index is 13.2. The summed E-state index contributed by atoms with van der Waals surface area (Å²) in [6.07, 6.45) is 1.72. The molecule has 2 aromatic carbocycles. The molecule has 144 valence electrons. The van der Waals surface area contributed by atoms with Gasteiger partial charge in [-0.3, -0.25) is 19.8 Å². The number of nitrogens with zero attached hydrogens (tertiary/aromatic N) is 3. The fraction of sp³-hybridized carbons (Fsp3) is 0.263. The van der Waals surface area contributed by atoms with E-state index in [1.807, 2.05) is 0 Å². The van der Waals surface area contributed by atoms with Crippen molar-refractivity contribution in [2.45, 2.75) is 18.9 Å². The Balaban J connectivity index is 1.72. The third-order valence-corrected chi connectivity index (χ3v) is 5.81. The highest BCUT2D eigenvalue weighted by Gasteiger charge is 2.27. The van der Waals surface area contributed by atoms with Gasteiger partial charge < -0.3 is 4.74 Å². The number of aromatic nitrogens is 1. The second-order valence-corrected chi connectivity index (χ2v) is 7.91. The first-order valence-electron chi connectivity index (χ1n) is 8.75. The van der Waals surface area contributed by atoms with Crippen LogP contribution in [0.15, 0.2) is 42.5 Å². The molecule has 0 aliphatic carbocycles. The topological polar surface area (TPSA) is 85.6 Å². The quantitative estimate of drug-likeness (QED) is 0.444. The first-order valence-corrected chi connectivity index (χ1v) is 9.95. The van der Waals surface area contributed by atoms with Crippen LogP contribution in [0.1, 0.15) is 23.2 Å². The molecule has 7 nitrogen and oxygen atoms in total. The van der Waals surface area contributed by atoms with E-state index in [4.69, 9.17) is 16.3 Å². The van der Waals surface area contributed by atoms with Crippen molar-refractivity contribution >= 4 is 49.9 Å². The number of nitro groups is 1. The third kappa shape index (κ3) is 3.84. The number of hydrogen-bond donors (Lipinski definition) is 0. The molecule has 1 aromatic heterocycles. The van der Waals surface area contributed by atoms with Crippen LogP contribution in [0.3, 0.4) is 0 Å². The van der Waals surface area contributed by atoms with E-state index in [9.17, 15) is 14.9 Å². The number of halogens is 1. The summed E-state index contributed by atoms with van der Waals surface area (Å²) in [6.45, 7) is 1.01. The van der Waals surface area contributed by atoms with Crippen molar-refractivity contribution in [3.63, 3.8) is 0 Å². The molecule has 0 N–H and O–H groups in total. The van der Waals surface area contributed by atoms with Gasteiger partial charge in [-0.05, 0) is 37.1 Å². The van der Waals surface area contributed by atoms with Gasteiger partial charge >= 0.3 is 0 Å². The van der Waals surface area contributed by atoms with Crippen LogP contribution in [-0.2, 0) is 4.74 Å². The smallest absolute Gasteiger partial charge is 0.270 e. The van der Waals surface area contributed by atoms with Crippen LogP contribution in [0, 0.1) is 10.1 Å². The van der Waals surface area contributed by atoms with E-state index in [0.717, 1.165) is 23.1 Å². The number of non-ortho nitro benzene ring substituents is 1. The normalized spacial score (nSPS) is 16.4. The van der Waals surface area contributed by atoms with E-state index >= 15 is 0 Å². The fourth-order valence-corrected chi connectivity index (χ4v) is 4.40. The molecule has 2 heterocycles. The number of carbonyl (C=O) groups excluding carboxylic acids is 1. The van der Waals surface area contributed by atoms with Gasteiger partial charge in [-0.2, -0.15) is 0 Å². The Hall–Kier alpha value is -2.55. The molecular weight excluding hydrogens is 402 g/mol. The van der Waals surface area contributed by atoms with Gasteiger partial charge in [-0.1, -0.05) is 29.0 Å². The molecule has 9 heteroatoms. The van der Waals surface area contributed by atoms with E-state index in [-0.39, 0.29) is 23.3 Å². The number of amides is 1. The van der Waals surface area contributed by atoms with Crippen molar-refractivity contribution in [2.24, 2.45) is 0 Å². The molecule has 4 rings (SSSR count). The number of thiazole rings is 1. The van der Waals surface area contributed by atoms with Crippen molar-refractivity contribution < 1.29 is 14.5 Å².